The second-order valence-electron chi connectivity index (χ2n) is 4.75. The Morgan fingerprint density at radius 1 is 1.41 bits per heavy atom. The highest BCUT2D eigenvalue weighted by Crippen LogP contribution is 2.12. The average molecular weight is 244 g/mol. The van der Waals surface area contributed by atoms with Crippen LogP contribution in [0.3, 0.4) is 0 Å². The molecule has 100 valence electrons. The molecule has 5 nitrogen and oxygen atoms in total. The van der Waals surface area contributed by atoms with Gasteiger partial charge >= 0.3 is 0 Å². The van der Waals surface area contributed by atoms with Crippen LogP contribution in [0.15, 0.2) is 0 Å². The number of hydrogen-bond acceptors (Lipinski definition) is 4. The van der Waals surface area contributed by atoms with Crippen LogP contribution >= 0.6 is 0 Å². The average Bonchev–Trinajstić information content (AvgIpc) is 2.60. The maximum atomic E-state index is 11.9. The van der Waals surface area contributed by atoms with Crippen LogP contribution in [0.4, 0.5) is 0 Å². The van der Waals surface area contributed by atoms with Gasteiger partial charge in [0.05, 0.1) is 32.5 Å². The Morgan fingerprint density at radius 2 is 2.18 bits per heavy atom. The Kier molecular flexibility index (Phi) is 6.47. The van der Waals surface area contributed by atoms with Crippen molar-refractivity contribution in [2.45, 2.75) is 26.3 Å². The lowest BCUT2D eigenvalue weighted by Gasteiger charge is -2.16. The standard InChI is InChI=1S/C12H24N2O3/c1-10(2)8-11-12(15)14(9-13-11)4-5-17-7-6-16-3/h10-11,13H,4-9H2,1-3H3. The molecule has 1 rings (SSSR count). The van der Waals surface area contributed by atoms with Crippen molar-refractivity contribution in [1.82, 2.24) is 10.2 Å². The van der Waals surface area contributed by atoms with Crippen LogP contribution in [0.25, 0.3) is 0 Å². The number of hydrogen-bond donors (Lipinski definition) is 1. The topological polar surface area (TPSA) is 50.8 Å². The minimum absolute atomic E-state index is 0.00558. The van der Waals surface area contributed by atoms with Crippen molar-refractivity contribution in [2.75, 3.05) is 40.1 Å². The highest BCUT2D eigenvalue weighted by Gasteiger charge is 2.30. The third-order valence-electron chi connectivity index (χ3n) is 2.78. The highest BCUT2D eigenvalue weighted by molar-refractivity contribution is 5.83. The van der Waals surface area contributed by atoms with E-state index in [1.54, 1.807) is 7.11 Å². The van der Waals surface area contributed by atoms with Crippen molar-refractivity contribution in [1.29, 1.82) is 0 Å². The summed E-state index contributed by atoms with van der Waals surface area (Å²) in [6.07, 6.45) is 0.903. The van der Waals surface area contributed by atoms with Crippen molar-refractivity contribution in [3.63, 3.8) is 0 Å². The molecule has 1 fully saturated rings. The predicted octanol–water partition coefficient (Wildman–Crippen LogP) is 0.453. The fraction of sp³-hybridized carbons (Fsp3) is 0.917. The Morgan fingerprint density at radius 3 is 2.82 bits per heavy atom. The summed E-state index contributed by atoms with van der Waals surface area (Å²) in [4.78, 5) is 13.8. The Labute approximate surface area is 103 Å². The summed E-state index contributed by atoms with van der Waals surface area (Å²) in [5.74, 6) is 0.739. The summed E-state index contributed by atoms with van der Waals surface area (Å²) < 4.78 is 10.2. The van der Waals surface area contributed by atoms with Gasteiger partial charge in [0.25, 0.3) is 0 Å². The summed E-state index contributed by atoms with van der Waals surface area (Å²) in [5, 5.41) is 3.24. The first-order chi connectivity index (χ1) is 8.15. The first-order valence-electron chi connectivity index (χ1n) is 6.24. The molecular weight excluding hydrogens is 220 g/mol. The fourth-order valence-corrected chi connectivity index (χ4v) is 1.87. The van der Waals surface area contributed by atoms with Crippen LogP contribution in [0.1, 0.15) is 20.3 Å². The molecule has 0 radical (unpaired) electrons. The van der Waals surface area contributed by atoms with E-state index in [9.17, 15) is 4.79 Å². The molecule has 0 aromatic heterocycles. The van der Waals surface area contributed by atoms with Crippen molar-refractivity contribution in [3.8, 4) is 0 Å². The fourth-order valence-electron chi connectivity index (χ4n) is 1.87. The molecule has 17 heavy (non-hydrogen) atoms. The second-order valence-corrected chi connectivity index (χ2v) is 4.75. The molecule has 1 aliphatic rings. The first kappa shape index (κ1) is 14.4. The Balaban J connectivity index is 2.16. The van der Waals surface area contributed by atoms with Gasteiger partial charge in [-0.3, -0.25) is 10.1 Å². The van der Waals surface area contributed by atoms with Gasteiger partial charge in [0, 0.05) is 13.7 Å². The van der Waals surface area contributed by atoms with Crippen LogP contribution < -0.4 is 5.32 Å². The van der Waals surface area contributed by atoms with E-state index >= 15 is 0 Å². The van der Waals surface area contributed by atoms with Gasteiger partial charge in [-0.15, -0.1) is 0 Å². The van der Waals surface area contributed by atoms with Gasteiger partial charge < -0.3 is 14.4 Å². The molecule has 1 heterocycles. The molecule has 0 aromatic rings. The SMILES string of the molecule is COCCOCCN1CNC(CC(C)C)C1=O. The maximum Gasteiger partial charge on any atom is 0.240 e. The van der Waals surface area contributed by atoms with Crippen LogP contribution in [-0.4, -0.2) is 57.0 Å². The Bertz CT molecular complexity index is 234. The lowest BCUT2D eigenvalue weighted by Crippen LogP contribution is -2.33. The summed E-state index contributed by atoms with van der Waals surface area (Å²) >= 11 is 0. The van der Waals surface area contributed by atoms with Crippen molar-refractivity contribution < 1.29 is 14.3 Å². The first-order valence-corrected chi connectivity index (χ1v) is 6.24. The van der Waals surface area contributed by atoms with Crippen LogP contribution in [-0.2, 0) is 14.3 Å². The monoisotopic (exact) mass is 244 g/mol. The molecule has 1 amide bonds. The number of methoxy groups -OCH3 is 1. The van der Waals surface area contributed by atoms with Gasteiger partial charge in [0.1, 0.15) is 0 Å². The number of rotatable bonds is 8. The zero-order chi connectivity index (χ0) is 12.7. The molecule has 0 aromatic carbocycles. The van der Waals surface area contributed by atoms with E-state index in [0.29, 0.717) is 39.0 Å². The van der Waals surface area contributed by atoms with Gasteiger partial charge in [0.15, 0.2) is 0 Å². The highest BCUT2D eigenvalue weighted by atomic mass is 16.5. The van der Waals surface area contributed by atoms with Crippen LogP contribution in [0.2, 0.25) is 0 Å². The van der Waals surface area contributed by atoms with E-state index in [1.807, 2.05) is 4.90 Å². The molecule has 0 saturated carbocycles. The molecule has 1 N–H and O–H groups in total. The quantitative estimate of drug-likeness (QED) is 0.630. The van der Waals surface area contributed by atoms with Crippen LogP contribution in [0.5, 0.6) is 0 Å². The summed E-state index contributed by atoms with van der Waals surface area (Å²) in [6, 6.07) is -0.00558. The smallest absolute Gasteiger partial charge is 0.240 e. The number of ether oxygens (including phenoxy) is 2. The molecular formula is C12H24N2O3. The molecule has 0 aliphatic carbocycles. The van der Waals surface area contributed by atoms with Gasteiger partial charge in [-0.1, -0.05) is 13.8 Å². The third kappa shape index (κ3) is 5.02. The van der Waals surface area contributed by atoms with E-state index < -0.39 is 0 Å². The number of carbonyl (C=O) groups excluding carboxylic acids is 1. The molecule has 0 bridgehead atoms. The number of amides is 1. The summed E-state index contributed by atoms with van der Waals surface area (Å²) in [7, 11) is 1.65. The van der Waals surface area contributed by atoms with E-state index in [2.05, 4.69) is 19.2 Å². The number of nitrogens with zero attached hydrogens (tertiary/aromatic N) is 1. The largest absolute Gasteiger partial charge is 0.382 e. The van der Waals surface area contributed by atoms with Crippen molar-refractivity contribution in [2.24, 2.45) is 5.92 Å². The van der Waals surface area contributed by atoms with E-state index in [1.165, 1.54) is 0 Å². The van der Waals surface area contributed by atoms with Gasteiger partial charge in [-0.2, -0.15) is 0 Å². The molecule has 1 unspecified atom stereocenters. The second kappa shape index (κ2) is 7.63. The molecule has 1 saturated heterocycles. The van der Waals surface area contributed by atoms with E-state index in [-0.39, 0.29) is 11.9 Å². The third-order valence-corrected chi connectivity index (χ3v) is 2.78. The molecule has 5 heteroatoms. The van der Waals surface area contributed by atoms with E-state index in [0.717, 1.165) is 6.42 Å². The van der Waals surface area contributed by atoms with Gasteiger partial charge in [-0.05, 0) is 12.3 Å². The zero-order valence-corrected chi connectivity index (χ0v) is 11.1. The van der Waals surface area contributed by atoms with Gasteiger partial charge in [-0.25, -0.2) is 0 Å². The maximum absolute atomic E-state index is 11.9. The number of nitrogens with one attached hydrogen (secondary N) is 1. The summed E-state index contributed by atoms with van der Waals surface area (Å²) in [6.45, 7) is 7.32. The molecule has 1 aliphatic heterocycles. The van der Waals surface area contributed by atoms with Crippen molar-refractivity contribution >= 4 is 5.91 Å². The lowest BCUT2D eigenvalue weighted by atomic mass is 10.0. The van der Waals surface area contributed by atoms with E-state index in [4.69, 9.17) is 9.47 Å². The minimum atomic E-state index is -0.00558. The predicted molar refractivity (Wildman–Crippen MR) is 65.7 cm³/mol. The molecule has 1 atom stereocenters. The Hall–Kier alpha value is -0.650. The summed E-state index contributed by atoms with van der Waals surface area (Å²) in [5.41, 5.74) is 0. The van der Waals surface area contributed by atoms with Gasteiger partial charge in [0.2, 0.25) is 5.91 Å². The van der Waals surface area contributed by atoms with Crippen LogP contribution in [0, 0.1) is 5.92 Å². The normalized spacial score (nSPS) is 20.6. The minimum Gasteiger partial charge on any atom is -0.382 e. The zero-order valence-electron chi connectivity index (χ0n) is 11.1. The van der Waals surface area contributed by atoms with Crippen molar-refractivity contribution in [3.05, 3.63) is 0 Å². The lowest BCUT2D eigenvalue weighted by molar-refractivity contribution is -0.129. The molecule has 0 spiro atoms. The number of carbonyl (C=O) groups is 1.